The molecule has 0 aliphatic carbocycles. The van der Waals surface area contributed by atoms with Crippen LogP contribution in [0.1, 0.15) is 20.8 Å². The van der Waals surface area contributed by atoms with E-state index in [-0.39, 0.29) is 17.4 Å². The molecule has 1 amide bonds. The summed E-state index contributed by atoms with van der Waals surface area (Å²) in [5.74, 6) is 0.129. The molecule has 15 heavy (non-hydrogen) atoms. The van der Waals surface area contributed by atoms with Crippen LogP contribution in [0.3, 0.4) is 0 Å². The molecule has 4 heteroatoms. The number of nitrogens with zero attached hydrogens (tertiary/aromatic N) is 1. The molecule has 0 spiro atoms. The van der Waals surface area contributed by atoms with Gasteiger partial charge in [0.25, 0.3) is 0 Å². The standard InChI is InChI=1S/C11H22N2O2/c1-11(2,3)8-13(4)10(14)9-7-15-6-5-12-9/h9,12H,5-8H2,1-4H3. The average molecular weight is 214 g/mol. The third-order valence-electron chi connectivity index (χ3n) is 2.31. The number of carbonyl (C=O) groups excluding carboxylic acids is 1. The largest absolute Gasteiger partial charge is 0.378 e. The van der Waals surface area contributed by atoms with Gasteiger partial charge in [-0.15, -0.1) is 0 Å². The lowest BCUT2D eigenvalue weighted by molar-refractivity contribution is -0.136. The lowest BCUT2D eigenvalue weighted by Crippen LogP contribution is -2.52. The van der Waals surface area contributed by atoms with E-state index >= 15 is 0 Å². The number of likely N-dealkylation sites (N-methyl/N-ethyl adjacent to an activating group) is 1. The van der Waals surface area contributed by atoms with Gasteiger partial charge < -0.3 is 15.0 Å². The Morgan fingerprint density at radius 2 is 2.20 bits per heavy atom. The fourth-order valence-electron chi connectivity index (χ4n) is 1.78. The Morgan fingerprint density at radius 3 is 2.67 bits per heavy atom. The topological polar surface area (TPSA) is 41.6 Å². The molecule has 1 atom stereocenters. The Kier molecular flexibility index (Phi) is 4.11. The van der Waals surface area contributed by atoms with Crippen molar-refractivity contribution in [2.45, 2.75) is 26.8 Å². The van der Waals surface area contributed by atoms with Gasteiger partial charge in [0.05, 0.1) is 13.2 Å². The first-order valence-electron chi connectivity index (χ1n) is 5.46. The molecule has 0 saturated carbocycles. The van der Waals surface area contributed by atoms with Gasteiger partial charge in [-0.25, -0.2) is 0 Å². The SMILES string of the molecule is CN(CC(C)(C)C)C(=O)C1COCCN1. The molecular weight excluding hydrogens is 192 g/mol. The average Bonchev–Trinajstić information content (AvgIpc) is 2.15. The van der Waals surface area contributed by atoms with Gasteiger partial charge in [0.15, 0.2) is 0 Å². The van der Waals surface area contributed by atoms with Crippen LogP contribution in [0.2, 0.25) is 0 Å². The second kappa shape index (κ2) is 4.94. The molecule has 88 valence electrons. The van der Waals surface area contributed by atoms with E-state index in [9.17, 15) is 4.79 Å². The van der Waals surface area contributed by atoms with Crippen molar-refractivity contribution in [3.05, 3.63) is 0 Å². The van der Waals surface area contributed by atoms with Gasteiger partial charge in [-0.05, 0) is 5.41 Å². The third-order valence-corrected chi connectivity index (χ3v) is 2.31. The Labute approximate surface area is 92.0 Å². The van der Waals surface area contributed by atoms with Crippen LogP contribution in [0, 0.1) is 5.41 Å². The molecular formula is C11H22N2O2. The van der Waals surface area contributed by atoms with Gasteiger partial charge in [0.2, 0.25) is 5.91 Å². The number of rotatable bonds is 2. The molecule has 0 bridgehead atoms. The maximum absolute atomic E-state index is 12.0. The van der Waals surface area contributed by atoms with Crippen LogP contribution in [0.5, 0.6) is 0 Å². The number of ether oxygens (including phenoxy) is 1. The molecule has 0 aromatic carbocycles. The highest BCUT2D eigenvalue weighted by molar-refractivity contribution is 5.81. The van der Waals surface area contributed by atoms with Crippen molar-refractivity contribution in [1.82, 2.24) is 10.2 Å². The number of morpholine rings is 1. The predicted octanol–water partition coefficient (Wildman–Crippen LogP) is 0.479. The molecule has 0 radical (unpaired) electrons. The lowest BCUT2D eigenvalue weighted by atomic mass is 9.96. The second-order valence-electron chi connectivity index (χ2n) is 5.34. The van der Waals surface area contributed by atoms with E-state index in [2.05, 4.69) is 26.1 Å². The van der Waals surface area contributed by atoms with Crippen molar-refractivity contribution in [1.29, 1.82) is 0 Å². The van der Waals surface area contributed by atoms with Crippen LogP contribution < -0.4 is 5.32 Å². The lowest BCUT2D eigenvalue weighted by Gasteiger charge is -2.31. The summed E-state index contributed by atoms with van der Waals surface area (Å²) >= 11 is 0. The number of carbonyl (C=O) groups is 1. The quantitative estimate of drug-likeness (QED) is 0.727. The van der Waals surface area contributed by atoms with Crippen LogP contribution in [-0.2, 0) is 9.53 Å². The summed E-state index contributed by atoms with van der Waals surface area (Å²) in [6.45, 7) is 9.11. The molecule has 1 rings (SSSR count). The minimum atomic E-state index is -0.161. The highest BCUT2D eigenvalue weighted by atomic mass is 16.5. The smallest absolute Gasteiger partial charge is 0.241 e. The zero-order chi connectivity index (χ0) is 11.5. The summed E-state index contributed by atoms with van der Waals surface area (Å²) in [6.07, 6.45) is 0. The third kappa shape index (κ3) is 4.18. The van der Waals surface area contributed by atoms with Crippen molar-refractivity contribution in [2.24, 2.45) is 5.41 Å². The molecule has 1 aliphatic rings. The molecule has 0 aromatic heterocycles. The van der Waals surface area contributed by atoms with Crippen LogP contribution in [0.25, 0.3) is 0 Å². The molecule has 1 aliphatic heterocycles. The molecule has 1 unspecified atom stereocenters. The summed E-state index contributed by atoms with van der Waals surface area (Å²) in [6, 6.07) is -0.161. The van der Waals surface area contributed by atoms with Crippen molar-refractivity contribution in [2.75, 3.05) is 33.4 Å². The van der Waals surface area contributed by atoms with E-state index in [1.807, 2.05) is 7.05 Å². The van der Waals surface area contributed by atoms with Gasteiger partial charge in [-0.1, -0.05) is 20.8 Å². The van der Waals surface area contributed by atoms with Gasteiger partial charge >= 0.3 is 0 Å². The molecule has 1 heterocycles. The summed E-state index contributed by atoms with van der Waals surface area (Å²) < 4.78 is 5.27. The Hall–Kier alpha value is -0.610. The number of hydrogen-bond acceptors (Lipinski definition) is 3. The second-order valence-corrected chi connectivity index (χ2v) is 5.34. The van der Waals surface area contributed by atoms with E-state index in [0.29, 0.717) is 13.2 Å². The maximum Gasteiger partial charge on any atom is 0.241 e. The first-order chi connectivity index (χ1) is 6.90. The van der Waals surface area contributed by atoms with E-state index in [4.69, 9.17) is 4.74 Å². The van der Waals surface area contributed by atoms with Gasteiger partial charge in [0.1, 0.15) is 6.04 Å². The zero-order valence-corrected chi connectivity index (χ0v) is 10.2. The van der Waals surface area contributed by atoms with Crippen molar-refractivity contribution < 1.29 is 9.53 Å². The maximum atomic E-state index is 12.0. The fraction of sp³-hybridized carbons (Fsp3) is 0.909. The van der Waals surface area contributed by atoms with Gasteiger partial charge in [-0.3, -0.25) is 4.79 Å². The number of amides is 1. The van der Waals surface area contributed by atoms with Crippen LogP contribution in [0.4, 0.5) is 0 Å². The number of nitrogens with one attached hydrogen (secondary N) is 1. The molecule has 1 fully saturated rings. The fourth-order valence-corrected chi connectivity index (χ4v) is 1.78. The van der Waals surface area contributed by atoms with Crippen molar-refractivity contribution in [3.63, 3.8) is 0 Å². The van der Waals surface area contributed by atoms with Gasteiger partial charge in [0, 0.05) is 20.1 Å². The highest BCUT2D eigenvalue weighted by Crippen LogP contribution is 2.14. The Balaban J connectivity index is 2.44. The summed E-state index contributed by atoms with van der Waals surface area (Å²) in [7, 11) is 1.85. The zero-order valence-electron chi connectivity index (χ0n) is 10.2. The first kappa shape index (κ1) is 12.5. The minimum absolute atomic E-state index is 0.129. The van der Waals surface area contributed by atoms with E-state index < -0.39 is 0 Å². The van der Waals surface area contributed by atoms with Crippen LogP contribution in [0.15, 0.2) is 0 Å². The first-order valence-corrected chi connectivity index (χ1v) is 5.46. The minimum Gasteiger partial charge on any atom is -0.378 e. The highest BCUT2D eigenvalue weighted by Gasteiger charge is 2.26. The molecule has 4 nitrogen and oxygen atoms in total. The van der Waals surface area contributed by atoms with Crippen molar-refractivity contribution in [3.8, 4) is 0 Å². The van der Waals surface area contributed by atoms with E-state index in [0.717, 1.165) is 13.1 Å². The summed E-state index contributed by atoms with van der Waals surface area (Å²) in [5, 5.41) is 3.17. The van der Waals surface area contributed by atoms with Gasteiger partial charge in [-0.2, -0.15) is 0 Å². The Morgan fingerprint density at radius 1 is 1.53 bits per heavy atom. The van der Waals surface area contributed by atoms with Crippen molar-refractivity contribution >= 4 is 5.91 Å². The molecule has 1 N–H and O–H groups in total. The monoisotopic (exact) mass is 214 g/mol. The summed E-state index contributed by atoms with van der Waals surface area (Å²) in [4.78, 5) is 13.7. The van der Waals surface area contributed by atoms with E-state index in [1.165, 1.54) is 0 Å². The molecule has 1 saturated heterocycles. The normalized spacial score (nSPS) is 22.5. The van der Waals surface area contributed by atoms with E-state index in [1.54, 1.807) is 4.90 Å². The van der Waals surface area contributed by atoms with Crippen LogP contribution >= 0.6 is 0 Å². The molecule has 0 aromatic rings. The van der Waals surface area contributed by atoms with Crippen LogP contribution in [-0.4, -0.2) is 50.2 Å². The predicted molar refractivity (Wildman–Crippen MR) is 59.7 cm³/mol. The summed E-state index contributed by atoms with van der Waals surface area (Å²) in [5.41, 5.74) is 0.139. The Bertz CT molecular complexity index is 217. The number of hydrogen-bond donors (Lipinski definition) is 1.